The minimum absolute atomic E-state index is 0.729. The zero-order valence-corrected chi connectivity index (χ0v) is 9.21. The highest BCUT2D eigenvalue weighted by molar-refractivity contribution is 4.96. The van der Waals surface area contributed by atoms with Gasteiger partial charge in [0.1, 0.15) is 0 Å². The fourth-order valence-electron chi connectivity index (χ4n) is 1.72. The summed E-state index contributed by atoms with van der Waals surface area (Å²) in [6.45, 7) is 13.3. The van der Waals surface area contributed by atoms with Crippen molar-refractivity contribution < 1.29 is 0 Å². The van der Waals surface area contributed by atoms with Gasteiger partial charge in [0.15, 0.2) is 0 Å². The number of likely N-dealkylation sites (N-methyl/N-ethyl adjacent to an activating group) is 1. The van der Waals surface area contributed by atoms with Gasteiger partial charge in [-0.2, -0.15) is 0 Å². The molecule has 0 N–H and O–H groups in total. The molecule has 0 radical (unpaired) electrons. The maximum atomic E-state index is 4.15. The van der Waals surface area contributed by atoms with Gasteiger partial charge in [-0.15, -0.1) is 0 Å². The Morgan fingerprint density at radius 2 is 1.77 bits per heavy atom. The predicted molar refractivity (Wildman–Crippen MR) is 57.7 cm³/mol. The highest BCUT2D eigenvalue weighted by Crippen LogP contribution is 2.14. The van der Waals surface area contributed by atoms with Crippen LogP contribution in [0.15, 0.2) is 12.3 Å². The van der Waals surface area contributed by atoms with Gasteiger partial charge in [-0.05, 0) is 19.4 Å². The summed E-state index contributed by atoms with van der Waals surface area (Å²) in [4.78, 5) is 4.80. The molecule has 0 aromatic carbocycles. The normalized spacial score (nSPS) is 19.5. The van der Waals surface area contributed by atoms with Crippen molar-refractivity contribution in [1.82, 2.24) is 9.80 Å². The molecular formula is C11H22N2. The van der Waals surface area contributed by atoms with E-state index in [0.29, 0.717) is 0 Å². The summed E-state index contributed by atoms with van der Waals surface area (Å²) in [5, 5.41) is 0. The first-order valence-corrected chi connectivity index (χ1v) is 5.21. The fraction of sp³-hybridized carbons (Fsp3) is 0.818. The molecule has 0 saturated carbocycles. The summed E-state index contributed by atoms with van der Waals surface area (Å²) < 4.78 is 0. The summed E-state index contributed by atoms with van der Waals surface area (Å²) >= 11 is 0. The lowest BCUT2D eigenvalue weighted by molar-refractivity contribution is 0.180. The van der Waals surface area contributed by atoms with Crippen LogP contribution in [0.3, 0.4) is 0 Å². The van der Waals surface area contributed by atoms with Crippen LogP contribution in [0.2, 0.25) is 0 Å². The molecule has 0 aliphatic carbocycles. The van der Waals surface area contributed by atoms with Crippen LogP contribution in [-0.4, -0.2) is 43.0 Å². The molecule has 0 unspecified atom stereocenters. The van der Waals surface area contributed by atoms with E-state index in [9.17, 15) is 0 Å². The van der Waals surface area contributed by atoms with E-state index in [1.165, 1.54) is 18.8 Å². The van der Waals surface area contributed by atoms with Crippen molar-refractivity contribution in [2.45, 2.75) is 20.3 Å². The molecule has 0 bridgehead atoms. The molecular weight excluding hydrogens is 160 g/mol. The number of nitrogens with zero attached hydrogens (tertiary/aromatic N) is 2. The Kier molecular flexibility index (Phi) is 3.79. The van der Waals surface area contributed by atoms with Crippen LogP contribution in [-0.2, 0) is 0 Å². The maximum Gasteiger partial charge on any atom is 0.0303 e. The first kappa shape index (κ1) is 10.6. The number of hydrogen-bond donors (Lipinski definition) is 0. The molecule has 76 valence electrons. The van der Waals surface area contributed by atoms with Crippen molar-refractivity contribution in [2.75, 3.05) is 33.2 Å². The van der Waals surface area contributed by atoms with Crippen LogP contribution in [0.5, 0.6) is 0 Å². The van der Waals surface area contributed by atoms with E-state index in [2.05, 4.69) is 37.3 Å². The van der Waals surface area contributed by atoms with Gasteiger partial charge in [-0.1, -0.05) is 20.4 Å². The Morgan fingerprint density at radius 1 is 1.23 bits per heavy atom. The molecule has 0 amide bonds. The maximum absolute atomic E-state index is 4.15. The number of hydrogen-bond acceptors (Lipinski definition) is 2. The van der Waals surface area contributed by atoms with Crippen LogP contribution in [0.4, 0.5) is 0 Å². The molecule has 13 heavy (non-hydrogen) atoms. The SMILES string of the molecule is C=C(CC(C)C)N1CCN(C)CC1. The van der Waals surface area contributed by atoms with Crippen molar-refractivity contribution >= 4 is 0 Å². The highest BCUT2D eigenvalue weighted by Gasteiger charge is 2.15. The first-order chi connectivity index (χ1) is 6.09. The highest BCUT2D eigenvalue weighted by atomic mass is 15.2. The Labute approximate surface area is 82.2 Å². The van der Waals surface area contributed by atoms with Crippen LogP contribution < -0.4 is 0 Å². The predicted octanol–water partition coefficient (Wildman–Crippen LogP) is 1.79. The van der Waals surface area contributed by atoms with Crippen LogP contribution >= 0.6 is 0 Å². The molecule has 1 aliphatic heterocycles. The van der Waals surface area contributed by atoms with Gasteiger partial charge in [-0.3, -0.25) is 0 Å². The smallest absolute Gasteiger partial charge is 0.0303 e. The van der Waals surface area contributed by atoms with Crippen LogP contribution in [0.25, 0.3) is 0 Å². The van der Waals surface area contributed by atoms with Crippen molar-refractivity contribution in [3.63, 3.8) is 0 Å². The molecule has 1 rings (SSSR count). The Morgan fingerprint density at radius 3 is 2.23 bits per heavy atom. The quantitative estimate of drug-likeness (QED) is 0.656. The summed E-state index contributed by atoms with van der Waals surface area (Å²) in [5.41, 5.74) is 1.32. The lowest BCUT2D eigenvalue weighted by Gasteiger charge is -2.35. The largest absolute Gasteiger partial charge is 0.373 e. The third-order valence-electron chi connectivity index (χ3n) is 2.59. The monoisotopic (exact) mass is 182 g/mol. The summed E-state index contributed by atoms with van der Waals surface area (Å²) in [6.07, 6.45) is 1.14. The van der Waals surface area contributed by atoms with E-state index in [1.54, 1.807) is 0 Å². The number of rotatable bonds is 3. The zero-order valence-electron chi connectivity index (χ0n) is 9.21. The van der Waals surface area contributed by atoms with Gasteiger partial charge >= 0.3 is 0 Å². The third kappa shape index (κ3) is 3.39. The second-order valence-corrected chi connectivity index (χ2v) is 4.45. The first-order valence-electron chi connectivity index (χ1n) is 5.21. The molecule has 1 saturated heterocycles. The van der Waals surface area contributed by atoms with E-state index in [-0.39, 0.29) is 0 Å². The van der Waals surface area contributed by atoms with Gasteiger partial charge in [0, 0.05) is 31.9 Å². The van der Waals surface area contributed by atoms with Crippen molar-refractivity contribution in [3.05, 3.63) is 12.3 Å². The fourth-order valence-corrected chi connectivity index (χ4v) is 1.72. The minimum Gasteiger partial charge on any atom is -0.373 e. The van der Waals surface area contributed by atoms with Crippen molar-refractivity contribution in [1.29, 1.82) is 0 Å². The van der Waals surface area contributed by atoms with Crippen molar-refractivity contribution in [2.24, 2.45) is 5.92 Å². The standard InChI is InChI=1S/C11H22N2/c1-10(2)9-11(3)13-7-5-12(4)6-8-13/h10H,3,5-9H2,1-2,4H3. The average Bonchev–Trinajstić information content (AvgIpc) is 2.04. The van der Waals surface area contributed by atoms with Crippen LogP contribution in [0.1, 0.15) is 20.3 Å². The lowest BCUT2D eigenvalue weighted by Crippen LogP contribution is -2.43. The van der Waals surface area contributed by atoms with Gasteiger partial charge < -0.3 is 9.80 Å². The molecule has 0 spiro atoms. The summed E-state index contributed by atoms with van der Waals surface area (Å²) in [6, 6.07) is 0. The third-order valence-corrected chi connectivity index (χ3v) is 2.59. The second-order valence-electron chi connectivity index (χ2n) is 4.45. The molecule has 1 fully saturated rings. The van der Waals surface area contributed by atoms with Gasteiger partial charge in [0.05, 0.1) is 0 Å². The molecule has 2 nitrogen and oxygen atoms in total. The Hall–Kier alpha value is -0.500. The molecule has 1 aliphatic rings. The Bertz CT molecular complexity index is 167. The molecule has 0 aromatic heterocycles. The minimum atomic E-state index is 0.729. The summed E-state index contributed by atoms with van der Waals surface area (Å²) in [7, 11) is 2.18. The van der Waals surface area contributed by atoms with E-state index in [4.69, 9.17) is 0 Å². The zero-order chi connectivity index (χ0) is 9.84. The van der Waals surface area contributed by atoms with Crippen LogP contribution in [0, 0.1) is 5.92 Å². The van der Waals surface area contributed by atoms with Gasteiger partial charge in [-0.25, -0.2) is 0 Å². The second kappa shape index (κ2) is 4.66. The Balaban J connectivity index is 2.31. The lowest BCUT2D eigenvalue weighted by atomic mass is 10.1. The van der Waals surface area contributed by atoms with Gasteiger partial charge in [0.25, 0.3) is 0 Å². The van der Waals surface area contributed by atoms with Gasteiger partial charge in [0.2, 0.25) is 0 Å². The molecule has 1 heterocycles. The van der Waals surface area contributed by atoms with E-state index in [1.807, 2.05) is 0 Å². The molecule has 0 atom stereocenters. The van der Waals surface area contributed by atoms with E-state index < -0.39 is 0 Å². The average molecular weight is 182 g/mol. The molecule has 0 aromatic rings. The topological polar surface area (TPSA) is 6.48 Å². The number of piperazine rings is 1. The van der Waals surface area contributed by atoms with Crippen molar-refractivity contribution in [3.8, 4) is 0 Å². The van der Waals surface area contributed by atoms with E-state index in [0.717, 1.165) is 25.4 Å². The summed E-state index contributed by atoms with van der Waals surface area (Å²) in [5.74, 6) is 0.729. The number of allylic oxidation sites excluding steroid dienone is 1. The molecule has 2 heteroatoms. The van der Waals surface area contributed by atoms with E-state index >= 15 is 0 Å².